The van der Waals surface area contributed by atoms with Gasteiger partial charge < -0.3 is 14.8 Å². The van der Waals surface area contributed by atoms with Gasteiger partial charge in [-0.15, -0.1) is 0 Å². The molecule has 1 aliphatic carbocycles. The molecule has 6 heteroatoms. The molecule has 1 saturated carbocycles. The Labute approximate surface area is 149 Å². The minimum absolute atomic E-state index is 0.302. The number of ether oxygens (including phenoxy) is 2. The molecule has 2 rings (SSSR count). The van der Waals surface area contributed by atoms with Crippen molar-refractivity contribution in [2.75, 3.05) is 19.5 Å². The quantitative estimate of drug-likeness (QED) is 0.630. The Bertz CT molecular complexity index is 629. The van der Waals surface area contributed by atoms with Gasteiger partial charge in [0.1, 0.15) is 0 Å². The van der Waals surface area contributed by atoms with Crippen LogP contribution in [0.5, 0.6) is 11.5 Å². The lowest BCUT2D eigenvalue weighted by atomic mass is 9.72. The number of thiocarbonyl (C=S) groups is 1. The molecule has 0 spiro atoms. The zero-order chi connectivity index (χ0) is 17.7. The molecule has 0 aliphatic heterocycles. The summed E-state index contributed by atoms with van der Waals surface area (Å²) in [7, 11) is 3.22. The average Bonchev–Trinajstić information content (AvgIpc) is 2.51. The summed E-state index contributed by atoms with van der Waals surface area (Å²) in [6.45, 7) is 6.85. The Morgan fingerprint density at radius 2 is 1.96 bits per heavy atom. The summed E-state index contributed by atoms with van der Waals surface area (Å²) in [6.07, 6.45) is 3.26. The van der Waals surface area contributed by atoms with Crippen molar-refractivity contribution in [2.45, 2.75) is 40.0 Å². The molecule has 132 valence electrons. The van der Waals surface area contributed by atoms with Crippen molar-refractivity contribution in [3.8, 4) is 11.5 Å². The van der Waals surface area contributed by atoms with Crippen LogP contribution >= 0.6 is 12.2 Å². The van der Waals surface area contributed by atoms with Gasteiger partial charge in [0.25, 0.3) is 0 Å². The summed E-state index contributed by atoms with van der Waals surface area (Å²) in [5.74, 6) is 1.99. The second-order valence-corrected chi connectivity index (χ2v) is 7.58. The summed E-state index contributed by atoms with van der Waals surface area (Å²) in [4.78, 5) is 0. The molecule has 5 nitrogen and oxygen atoms in total. The molecule has 0 saturated heterocycles. The predicted molar refractivity (Wildman–Crippen MR) is 103 cm³/mol. The maximum Gasteiger partial charge on any atom is 0.191 e. The van der Waals surface area contributed by atoms with Crippen LogP contribution in [-0.4, -0.2) is 25.0 Å². The Morgan fingerprint density at radius 1 is 1.25 bits per heavy atom. The highest BCUT2D eigenvalue weighted by Gasteiger charge is 2.29. The molecule has 2 N–H and O–H groups in total. The average molecular weight is 350 g/mol. The van der Waals surface area contributed by atoms with Crippen LogP contribution in [0.3, 0.4) is 0 Å². The number of hydrazone groups is 1. The maximum absolute atomic E-state index is 5.33. The van der Waals surface area contributed by atoms with Gasteiger partial charge in [-0.2, -0.15) is 5.10 Å². The normalized spacial score (nSPS) is 21.2. The molecule has 0 heterocycles. The van der Waals surface area contributed by atoms with Crippen molar-refractivity contribution in [3.05, 3.63) is 18.2 Å². The first-order chi connectivity index (χ1) is 11.3. The lowest BCUT2D eigenvalue weighted by Crippen LogP contribution is -2.31. The summed E-state index contributed by atoms with van der Waals surface area (Å²) >= 11 is 5.33. The molecule has 1 aromatic carbocycles. The van der Waals surface area contributed by atoms with Crippen molar-refractivity contribution < 1.29 is 9.47 Å². The first kappa shape index (κ1) is 18.5. The van der Waals surface area contributed by atoms with Crippen LogP contribution < -0.4 is 20.2 Å². The monoisotopic (exact) mass is 349 g/mol. The molecular formula is C18H27N3O2S. The van der Waals surface area contributed by atoms with E-state index in [0.717, 1.165) is 18.5 Å². The standard InChI is InChI=1S/C18H27N3O2S/c1-12-8-14(11-18(2,3)10-12)20-21-17(24)19-13-6-7-15(22-4)16(9-13)23-5/h6-7,9,12H,8,10-11H2,1-5H3,(H2,19,21,24)/b20-14-/t12-/m0/s1. The zero-order valence-corrected chi connectivity index (χ0v) is 15.9. The summed E-state index contributed by atoms with van der Waals surface area (Å²) in [5.41, 5.74) is 5.26. The minimum Gasteiger partial charge on any atom is -0.493 e. The second kappa shape index (κ2) is 7.83. The number of hydrogen-bond acceptors (Lipinski definition) is 4. The molecule has 1 atom stereocenters. The fourth-order valence-electron chi connectivity index (χ4n) is 3.40. The van der Waals surface area contributed by atoms with E-state index in [1.165, 1.54) is 12.1 Å². The van der Waals surface area contributed by atoms with Crippen LogP contribution in [0.25, 0.3) is 0 Å². The molecule has 1 aromatic rings. The van der Waals surface area contributed by atoms with Gasteiger partial charge >= 0.3 is 0 Å². The lowest BCUT2D eigenvalue weighted by Gasteiger charge is -2.34. The fraction of sp³-hybridized carbons (Fsp3) is 0.556. The number of methoxy groups -OCH3 is 2. The number of nitrogens with one attached hydrogen (secondary N) is 2. The number of anilines is 1. The Kier molecular flexibility index (Phi) is 6.04. The van der Waals surface area contributed by atoms with Gasteiger partial charge in [-0.3, -0.25) is 5.43 Å². The van der Waals surface area contributed by atoms with E-state index in [2.05, 4.69) is 36.6 Å². The third-order valence-electron chi connectivity index (χ3n) is 4.12. The number of rotatable bonds is 4. The third-order valence-corrected chi connectivity index (χ3v) is 4.32. The smallest absolute Gasteiger partial charge is 0.191 e. The van der Waals surface area contributed by atoms with Gasteiger partial charge in [0.05, 0.1) is 14.2 Å². The largest absolute Gasteiger partial charge is 0.493 e. The van der Waals surface area contributed by atoms with Crippen LogP contribution in [0.2, 0.25) is 0 Å². The van der Waals surface area contributed by atoms with Crippen LogP contribution in [0.4, 0.5) is 5.69 Å². The molecule has 24 heavy (non-hydrogen) atoms. The maximum atomic E-state index is 5.33. The van der Waals surface area contributed by atoms with Gasteiger partial charge in [-0.05, 0) is 54.9 Å². The van der Waals surface area contributed by atoms with Gasteiger partial charge in [0.15, 0.2) is 16.6 Å². The second-order valence-electron chi connectivity index (χ2n) is 7.17. The fourth-order valence-corrected chi connectivity index (χ4v) is 3.57. The van der Waals surface area contributed by atoms with E-state index in [4.69, 9.17) is 21.7 Å². The molecule has 1 fully saturated rings. The van der Waals surface area contributed by atoms with Crippen LogP contribution in [0.15, 0.2) is 23.3 Å². The Balaban J connectivity index is 1.97. The predicted octanol–water partition coefficient (Wildman–Crippen LogP) is 4.19. The van der Waals surface area contributed by atoms with E-state index in [0.29, 0.717) is 27.9 Å². The summed E-state index contributed by atoms with van der Waals surface area (Å²) in [5, 5.41) is 8.09. The molecule has 1 aliphatic rings. The van der Waals surface area contributed by atoms with Crippen LogP contribution in [0.1, 0.15) is 40.0 Å². The molecule has 0 radical (unpaired) electrons. The van der Waals surface area contributed by atoms with E-state index in [1.807, 2.05) is 18.2 Å². The molecule has 0 bridgehead atoms. The highest BCUT2D eigenvalue weighted by Crippen LogP contribution is 2.36. The van der Waals surface area contributed by atoms with Crippen LogP contribution in [-0.2, 0) is 0 Å². The summed E-state index contributed by atoms with van der Waals surface area (Å²) in [6, 6.07) is 5.56. The Hall–Kier alpha value is -1.82. The molecule has 0 amide bonds. The highest BCUT2D eigenvalue weighted by atomic mass is 32.1. The van der Waals surface area contributed by atoms with Gasteiger partial charge in [0, 0.05) is 17.5 Å². The lowest BCUT2D eigenvalue weighted by molar-refractivity contribution is 0.265. The SMILES string of the molecule is COc1ccc(NC(=S)N/N=C2/C[C@H](C)CC(C)(C)C2)cc1OC. The van der Waals surface area contributed by atoms with E-state index < -0.39 is 0 Å². The van der Waals surface area contributed by atoms with Crippen LogP contribution in [0, 0.1) is 11.3 Å². The van der Waals surface area contributed by atoms with Crippen molar-refractivity contribution in [3.63, 3.8) is 0 Å². The topological polar surface area (TPSA) is 54.9 Å². The minimum atomic E-state index is 0.302. The molecule has 0 unspecified atom stereocenters. The van der Waals surface area contributed by atoms with Crippen molar-refractivity contribution >= 4 is 28.7 Å². The highest BCUT2D eigenvalue weighted by molar-refractivity contribution is 7.80. The number of nitrogens with zero attached hydrogens (tertiary/aromatic N) is 1. The molecular weight excluding hydrogens is 322 g/mol. The zero-order valence-electron chi connectivity index (χ0n) is 15.1. The molecule has 0 aromatic heterocycles. The van der Waals surface area contributed by atoms with Crippen molar-refractivity contribution in [1.82, 2.24) is 5.43 Å². The first-order valence-corrected chi connectivity index (χ1v) is 8.58. The first-order valence-electron chi connectivity index (χ1n) is 8.17. The summed E-state index contributed by atoms with van der Waals surface area (Å²) < 4.78 is 10.5. The van der Waals surface area contributed by atoms with Gasteiger partial charge in [-0.1, -0.05) is 20.8 Å². The van der Waals surface area contributed by atoms with Gasteiger partial charge in [0.2, 0.25) is 0 Å². The Morgan fingerprint density at radius 3 is 2.58 bits per heavy atom. The van der Waals surface area contributed by atoms with E-state index in [-0.39, 0.29) is 0 Å². The third kappa shape index (κ3) is 5.09. The van der Waals surface area contributed by atoms with E-state index in [1.54, 1.807) is 14.2 Å². The van der Waals surface area contributed by atoms with Crippen molar-refractivity contribution in [1.29, 1.82) is 0 Å². The number of hydrogen-bond donors (Lipinski definition) is 2. The van der Waals surface area contributed by atoms with Gasteiger partial charge in [-0.25, -0.2) is 0 Å². The van der Waals surface area contributed by atoms with E-state index >= 15 is 0 Å². The van der Waals surface area contributed by atoms with Crippen molar-refractivity contribution in [2.24, 2.45) is 16.4 Å². The number of benzene rings is 1. The van der Waals surface area contributed by atoms with E-state index in [9.17, 15) is 0 Å².